The van der Waals surface area contributed by atoms with Crippen molar-refractivity contribution in [3.05, 3.63) is 56.4 Å². The summed E-state index contributed by atoms with van der Waals surface area (Å²) in [7, 11) is 0. The van der Waals surface area contributed by atoms with Gasteiger partial charge in [0, 0.05) is 35.0 Å². The van der Waals surface area contributed by atoms with E-state index in [9.17, 15) is 19.2 Å². The summed E-state index contributed by atoms with van der Waals surface area (Å²) in [6.07, 6.45) is 2.15. The summed E-state index contributed by atoms with van der Waals surface area (Å²) in [5.41, 5.74) is 0.986. The summed E-state index contributed by atoms with van der Waals surface area (Å²) >= 11 is 0. The number of H-pyrrole nitrogens is 2. The molecule has 136 valence electrons. The zero-order valence-corrected chi connectivity index (χ0v) is 14.3. The Balaban J connectivity index is 1.59. The highest BCUT2D eigenvalue weighted by atomic mass is 16.2. The van der Waals surface area contributed by atoms with Crippen molar-refractivity contribution in [2.24, 2.45) is 5.92 Å². The van der Waals surface area contributed by atoms with E-state index in [1.54, 1.807) is 31.2 Å². The van der Waals surface area contributed by atoms with Crippen LogP contribution in [0.4, 0.5) is 11.4 Å². The van der Waals surface area contributed by atoms with Gasteiger partial charge in [0.25, 0.3) is 5.56 Å². The maximum atomic E-state index is 12.1. The van der Waals surface area contributed by atoms with Crippen molar-refractivity contribution in [1.82, 2.24) is 9.97 Å². The molecule has 1 aromatic heterocycles. The highest BCUT2D eigenvalue weighted by Crippen LogP contribution is 2.30. The largest absolute Gasteiger partial charge is 0.326 e. The Morgan fingerprint density at radius 1 is 1.12 bits per heavy atom. The molecule has 1 aliphatic carbocycles. The van der Waals surface area contributed by atoms with Gasteiger partial charge in [0.2, 0.25) is 11.8 Å². The molecule has 1 fully saturated rings. The van der Waals surface area contributed by atoms with Crippen molar-refractivity contribution in [3.63, 3.8) is 0 Å². The van der Waals surface area contributed by atoms with Crippen LogP contribution in [0.15, 0.2) is 33.9 Å². The predicted molar refractivity (Wildman–Crippen MR) is 97.2 cm³/mol. The van der Waals surface area contributed by atoms with Crippen LogP contribution >= 0.6 is 0 Å². The number of benzene rings is 1. The number of aromatic nitrogens is 2. The van der Waals surface area contributed by atoms with Gasteiger partial charge in [-0.15, -0.1) is 0 Å². The minimum atomic E-state index is -0.564. The zero-order chi connectivity index (χ0) is 18.7. The topological polar surface area (TPSA) is 124 Å². The standard InChI is InChI=1S/C18H20N4O4/c1-10-14(17(25)22-18(26)19-10)7-8-15(23)20-12-3-2-4-13(9-12)21-16(24)11-5-6-11/h2-4,9,11H,5-8H2,1H3,(H,20,23)(H,21,24)(H2,19,22,25,26). The van der Waals surface area contributed by atoms with Gasteiger partial charge >= 0.3 is 5.69 Å². The first-order chi connectivity index (χ1) is 12.4. The van der Waals surface area contributed by atoms with E-state index in [2.05, 4.69) is 20.6 Å². The Labute approximate surface area is 149 Å². The number of hydrogen-bond donors (Lipinski definition) is 4. The lowest BCUT2D eigenvalue weighted by Crippen LogP contribution is -2.27. The van der Waals surface area contributed by atoms with E-state index in [-0.39, 0.29) is 30.6 Å². The summed E-state index contributed by atoms with van der Waals surface area (Å²) in [5.74, 6) is -0.159. The van der Waals surface area contributed by atoms with Gasteiger partial charge in [-0.05, 0) is 44.4 Å². The fraction of sp³-hybridized carbons (Fsp3) is 0.333. The molecular weight excluding hydrogens is 336 g/mol. The van der Waals surface area contributed by atoms with Crippen molar-refractivity contribution < 1.29 is 9.59 Å². The number of aromatic amines is 2. The number of nitrogens with one attached hydrogen (secondary N) is 4. The molecule has 0 bridgehead atoms. The third-order valence-electron chi connectivity index (χ3n) is 4.22. The molecule has 8 nitrogen and oxygen atoms in total. The van der Waals surface area contributed by atoms with Crippen molar-refractivity contribution in [3.8, 4) is 0 Å². The number of carbonyl (C=O) groups is 2. The average molecular weight is 356 g/mol. The van der Waals surface area contributed by atoms with E-state index in [0.29, 0.717) is 22.6 Å². The lowest BCUT2D eigenvalue weighted by atomic mass is 10.1. The van der Waals surface area contributed by atoms with Crippen LogP contribution < -0.4 is 21.9 Å². The second-order valence-electron chi connectivity index (χ2n) is 6.40. The third kappa shape index (κ3) is 4.47. The van der Waals surface area contributed by atoms with Crippen molar-refractivity contribution in [2.75, 3.05) is 10.6 Å². The molecule has 0 aliphatic heterocycles. The molecule has 2 aromatic rings. The molecule has 3 rings (SSSR count). The van der Waals surface area contributed by atoms with Crippen LogP contribution in [-0.4, -0.2) is 21.8 Å². The molecule has 1 saturated carbocycles. The Bertz CT molecular complexity index is 956. The molecule has 0 spiro atoms. The van der Waals surface area contributed by atoms with Gasteiger partial charge in [-0.3, -0.25) is 19.4 Å². The first-order valence-electron chi connectivity index (χ1n) is 8.45. The Morgan fingerprint density at radius 3 is 2.46 bits per heavy atom. The van der Waals surface area contributed by atoms with Crippen LogP contribution in [0.1, 0.15) is 30.5 Å². The van der Waals surface area contributed by atoms with Crippen LogP contribution in [-0.2, 0) is 16.0 Å². The quantitative estimate of drug-likeness (QED) is 0.622. The molecular formula is C18H20N4O4. The van der Waals surface area contributed by atoms with Crippen molar-refractivity contribution >= 4 is 23.2 Å². The molecule has 0 unspecified atom stereocenters. The van der Waals surface area contributed by atoms with Gasteiger partial charge in [0.05, 0.1) is 0 Å². The number of aryl methyl sites for hydroxylation is 1. The summed E-state index contributed by atoms with van der Waals surface area (Å²) in [6.45, 7) is 1.62. The monoisotopic (exact) mass is 356 g/mol. The van der Waals surface area contributed by atoms with E-state index in [0.717, 1.165) is 12.8 Å². The normalized spacial score (nSPS) is 13.3. The lowest BCUT2D eigenvalue weighted by Gasteiger charge is -2.09. The van der Waals surface area contributed by atoms with Crippen molar-refractivity contribution in [2.45, 2.75) is 32.6 Å². The minimum absolute atomic E-state index is 0.00115. The molecule has 4 N–H and O–H groups in total. The van der Waals surface area contributed by atoms with Crippen LogP contribution in [0.3, 0.4) is 0 Å². The average Bonchev–Trinajstić information content (AvgIpc) is 3.39. The highest BCUT2D eigenvalue weighted by molar-refractivity contribution is 5.96. The summed E-state index contributed by atoms with van der Waals surface area (Å²) in [5, 5.41) is 5.57. The summed E-state index contributed by atoms with van der Waals surface area (Å²) in [4.78, 5) is 51.6. The van der Waals surface area contributed by atoms with Gasteiger partial charge in [0.1, 0.15) is 0 Å². The number of rotatable bonds is 6. The first kappa shape index (κ1) is 17.7. The Morgan fingerprint density at radius 2 is 1.81 bits per heavy atom. The molecule has 8 heteroatoms. The second-order valence-corrected chi connectivity index (χ2v) is 6.40. The number of amides is 2. The number of hydrogen-bond acceptors (Lipinski definition) is 4. The fourth-order valence-electron chi connectivity index (χ4n) is 2.65. The molecule has 0 atom stereocenters. The van der Waals surface area contributed by atoms with Gasteiger partial charge < -0.3 is 15.6 Å². The van der Waals surface area contributed by atoms with Gasteiger partial charge in [-0.2, -0.15) is 0 Å². The van der Waals surface area contributed by atoms with E-state index in [1.165, 1.54) is 0 Å². The van der Waals surface area contributed by atoms with E-state index >= 15 is 0 Å². The first-order valence-corrected chi connectivity index (χ1v) is 8.45. The van der Waals surface area contributed by atoms with Crippen molar-refractivity contribution in [1.29, 1.82) is 0 Å². The predicted octanol–water partition coefficient (Wildman–Crippen LogP) is 1.29. The third-order valence-corrected chi connectivity index (χ3v) is 4.22. The number of carbonyl (C=O) groups excluding carboxylic acids is 2. The van der Waals surface area contributed by atoms with E-state index in [4.69, 9.17) is 0 Å². The van der Waals surface area contributed by atoms with Crippen LogP contribution in [0, 0.1) is 12.8 Å². The SMILES string of the molecule is Cc1[nH]c(=O)[nH]c(=O)c1CCC(=O)Nc1cccc(NC(=O)C2CC2)c1. The maximum Gasteiger partial charge on any atom is 0.325 e. The highest BCUT2D eigenvalue weighted by Gasteiger charge is 2.29. The molecule has 2 amide bonds. The van der Waals surface area contributed by atoms with Crippen LogP contribution in [0.5, 0.6) is 0 Å². The Kier molecular flexibility index (Phi) is 5.01. The lowest BCUT2D eigenvalue weighted by molar-refractivity contribution is -0.117. The second kappa shape index (κ2) is 7.38. The van der Waals surface area contributed by atoms with Gasteiger partial charge in [-0.1, -0.05) is 6.07 Å². The van der Waals surface area contributed by atoms with Crippen LogP contribution in [0.25, 0.3) is 0 Å². The van der Waals surface area contributed by atoms with E-state index < -0.39 is 11.2 Å². The molecule has 1 aliphatic rings. The Hall–Kier alpha value is -3.16. The zero-order valence-electron chi connectivity index (χ0n) is 14.3. The molecule has 1 heterocycles. The molecule has 26 heavy (non-hydrogen) atoms. The molecule has 0 radical (unpaired) electrons. The van der Waals surface area contributed by atoms with E-state index in [1.807, 2.05) is 0 Å². The smallest absolute Gasteiger partial charge is 0.325 e. The van der Waals surface area contributed by atoms with Gasteiger partial charge in [-0.25, -0.2) is 4.79 Å². The molecule has 1 aromatic carbocycles. The number of anilines is 2. The minimum Gasteiger partial charge on any atom is -0.326 e. The molecule has 0 saturated heterocycles. The van der Waals surface area contributed by atoms with Gasteiger partial charge in [0.15, 0.2) is 0 Å². The fourth-order valence-corrected chi connectivity index (χ4v) is 2.65. The summed E-state index contributed by atoms with van der Waals surface area (Å²) in [6, 6.07) is 6.92. The maximum absolute atomic E-state index is 12.1. The summed E-state index contributed by atoms with van der Waals surface area (Å²) < 4.78 is 0. The van der Waals surface area contributed by atoms with Crippen LogP contribution in [0.2, 0.25) is 0 Å².